The number of halogens is 1. The van der Waals surface area contributed by atoms with E-state index in [0.29, 0.717) is 16.9 Å². The van der Waals surface area contributed by atoms with E-state index < -0.39 is 12.0 Å². The van der Waals surface area contributed by atoms with Crippen LogP contribution in [0.4, 0.5) is 10.1 Å². The molecule has 0 saturated carbocycles. The molecule has 8 heteroatoms. The number of aromatic nitrogens is 4. The first-order valence-electron chi connectivity index (χ1n) is 8.40. The topological polar surface area (TPSA) is 95.9 Å². The Kier molecular flexibility index (Phi) is 3.43. The normalized spacial score (nSPS) is 15.1. The average molecular weight is 360 g/mol. The van der Waals surface area contributed by atoms with Gasteiger partial charge in [-0.25, -0.2) is 4.98 Å². The Hall–Kier alpha value is -3.68. The molecule has 1 aliphatic rings. The minimum Gasteiger partial charge on any atom is -0.373 e. The molecule has 0 radical (unpaired) electrons. The highest BCUT2D eigenvalue weighted by Crippen LogP contribution is 2.44. The number of benzene rings is 1. The first kappa shape index (κ1) is 15.6. The third-order valence-electron chi connectivity index (χ3n) is 4.82. The van der Waals surface area contributed by atoms with Gasteiger partial charge >= 0.3 is 0 Å². The van der Waals surface area contributed by atoms with E-state index in [9.17, 15) is 9.30 Å². The van der Waals surface area contributed by atoms with Gasteiger partial charge in [-0.2, -0.15) is 14.4 Å². The van der Waals surface area contributed by atoms with Gasteiger partial charge in [-0.15, -0.1) is 5.10 Å². The van der Waals surface area contributed by atoms with Gasteiger partial charge in [0.15, 0.2) is 5.65 Å². The monoisotopic (exact) mass is 360 g/mol. The summed E-state index contributed by atoms with van der Waals surface area (Å²) in [5.74, 6) is -0.540. The standard InChI is InChI=1S/C19H13FN6O/c20-18-11(5-3-7-21-18)17-12-8-22-19-16(12)15(14(9-23-27)25-26-19)10-4-1-2-6-13(10)24-17/h1-8,17,24H,9H2,(H,22,26). The molecular formula is C19H13FN6O. The van der Waals surface area contributed by atoms with Crippen molar-refractivity contribution in [1.29, 1.82) is 0 Å². The van der Waals surface area contributed by atoms with Crippen molar-refractivity contribution < 1.29 is 4.39 Å². The zero-order chi connectivity index (χ0) is 18.4. The summed E-state index contributed by atoms with van der Waals surface area (Å²) < 4.78 is 14.5. The fraction of sp³-hybridized carbons (Fsp3) is 0.105. The Labute approximate surface area is 152 Å². The van der Waals surface area contributed by atoms with Crippen molar-refractivity contribution in [2.75, 3.05) is 5.32 Å². The van der Waals surface area contributed by atoms with Crippen LogP contribution in [-0.2, 0) is 6.54 Å². The maximum atomic E-state index is 14.5. The van der Waals surface area contributed by atoms with Crippen LogP contribution in [0.1, 0.15) is 22.9 Å². The van der Waals surface area contributed by atoms with Gasteiger partial charge in [-0.3, -0.25) is 0 Å². The third kappa shape index (κ3) is 2.30. The fourth-order valence-corrected chi connectivity index (χ4v) is 3.68. The SMILES string of the molecule is O=NCc1nnc2[nH]cc3c2c1-c1ccccc1NC3c1cccnc1F. The highest BCUT2D eigenvalue weighted by molar-refractivity contribution is 6.02. The summed E-state index contributed by atoms with van der Waals surface area (Å²) in [7, 11) is 0. The number of H-pyrrole nitrogens is 1. The number of nitrogens with one attached hydrogen (secondary N) is 2. The third-order valence-corrected chi connectivity index (χ3v) is 4.82. The number of hydrogen-bond acceptors (Lipinski definition) is 6. The summed E-state index contributed by atoms with van der Waals surface area (Å²) in [5, 5.41) is 15.6. The second kappa shape index (κ2) is 5.94. The molecule has 1 unspecified atom stereocenters. The molecule has 4 heterocycles. The number of rotatable bonds is 3. The van der Waals surface area contributed by atoms with Crippen LogP contribution in [-0.4, -0.2) is 20.2 Å². The highest BCUT2D eigenvalue weighted by Gasteiger charge is 2.30. The van der Waals surface area contributed by atoms with Crippen LogP contribution in [0.3, 0.4) is 0 Å². The van der Waals surface area contributed by atoms with E-state index in [1.54, 1.807) is 18.3 Å². The van der Waals surface area contributed by atoms with Crippen molar-refractivity contribution in [2.45, 2.75) is 12.6 Å². The Morgan fingerprint density at radius 1 is 1.11 bits per heavy atom. The minimum absolute atomic E-state index is 0.0941. The first-order valence-corrected chi connectivity index (χ1v) is 8.40. The smallest absolute Gasteiger partial charge is 0.218 e. The lowest BCUT2D eigenvalue weighted by molar-refractivity contribution is 0.562. The Morgan fingerprint density at radius 3 is 2.85 bits per heavy atom. The molecule has 4 aromatic rings. The van der Waals surface area contributed by atoms with Crippen molar-refractivity contribution in [1.82, 2.24) is 20.2 Å². The number of aromatic amines is 1. The average Bonchev–Trinajstić information content (AvgIpc) is 3.05. The van der Waals surface area contributed by atoms with Crippen molar-refractivity contribution >= 4 is 16.7 Å². The zero-order valence-electron chi connectivity index (χ0n) is 14.0. The van der Waals surface area contributed by atoms with Crippen molar-refractivity contribution in [2.24, 2.45) is 5.18 Å². The van der Waals surface area contributed by atoms with Gasteiger partial charge in [0.05, 0.1) is 11.7 Å². The fourth-order valence-electron chi connectivity index (χ4n) is 3.68. The van der Waals surface area contributed by atoms with E-state index in [0.717, 1.165) is 27.8 Å². The lowest BCUT2D eigenvalue weighted by atomic mass is 9.96. The van der Waals surface area contributed by atoms with E-state index in [1.807, 2.05) is 24.3 Å². The highest BCUT2D eigenvalue weighted by atomic mass is 19.1. The van der Waals surface area contributed by atoms with Gasteiger partial charge in [-0.05, 0) is 12.1 Å². The van der Waals surface area contributed by atoms with Crippen LogP contribution in [0.5, 0.6) is 0 Å². The summed E-state index contributed by atoms with van der Waals surface area (Å²) in [4.78, 5) is 17.8. The number of nitrogens with zero attached hydrogens (tertiary/aromatic N) is 4. The summed E-state index contributed by atoms with van der Waals surface area (Å²) in [6.07, 6.45) is 3.21. The maximum Gasteiger partial charge on any atom is 0.218 e. The van der Waals surface area contributed by atoms with Crippen LogP contribution in [0.15, 0.2) is 54.0 Å². The minimum atomic E-state index is -0.540. The van der Waals surface area contributed by atoms with Gasteiger partial charge in [0, 0.05) is 45.7 Å². The molecule has 7 nitrogen and oxygen atoms in total. The number of nitroso groups, excluding NO2 is 1. The predicted octanol–water partition coefficient (Wildman–Crippen LogP) is 3.94. The lowest BCUT2D eigenvalue weighted by Gasteiger charge is -2.19. The summed E-state index contributed by atoms with van der Waals surface area (Å²) in [6.45, 7) is -0.0941. The van der Waals surface area contributed by atoms with E-state index in [4.69, 9.17) is 0 Å². The van der Waals surface area contributed by atoms with Crippen LogP contribution < -0.4 is 5.32 Å². The molecule has 1 atom stereocenters. The van der Waals surface area contributed by atoms with E-state index >= 15 is 0 Å². The van der Waals surface area contributed by atoms with E-state index in [1.165, 1.54) is 6.20 Å². The molecule has 5 rings (SSSR count). The van der Waals surface area contributed by atoms with E-state index in [-0.39, 0.29) is 6.54 Å². The molecule has 27 heavy (non-hydrogen) atoms. The number of anilines is 1. The Bertz CT molecular complexity index is 1190. The van der Waals surface area contributed by atoms with Gasteiger partial charge < -0.3 is 10.3 Å². The molecule has 0 fully saturated rings. The van der Waals surface area contributed by atoms with Crippen LogP contribution >= 0.6 is 0 Å². The molecule has 0 aliphatic carbocycles. The second-order valence-electron chi connectivity index (χ2n) is 6.28. The molecular weight excluding hydrogens is 347 g/mol. The molecule has 0 bridgehead atoms. The number of para-hydroxylation sites is 1. The van der Waals surface area contributed by atoms with Crippen LogP contribution in [0.2, 0.25) is 0 Å². The van der Waals surface area contributed by atoms with Crippen LogP contribution in [0, 0.1) is 10.9 Å². The molecule has 0 amide bonds. The van der Waals surface area contributed by atoms with Crippen LogP contribution in [0.25, 0.3) is 22.2 Å². The van der Waals surface area contributed by atoms with E-state index in [2.05, 4.69) is 30.7 Å². The summed E-state index contributed by atoms with van der Waals surface area (Å²) in [5.41, 5.74) is 4.75. The molecule has 2 N–H and O–H groups in total. The molecule has 1 aliphatic heterocycles. The quantitative estimate of drug-likeness (QED) is 0.426. The lowest BCUT2D eigenvalue weighted by Crippen LogP contribution is -2.13. The van der Waals surface area contributed by atoms with Gasteiger partial charge in [0.1, 0.15) is 6.54 Å². The maximum absolute atomic E-state index is 14.5. The Morgan fingerprint density at radius 2 is 2.00 bits per heavy atom. The van der Waals surface area contributed by atoms with Gasteiger partial charge in [0.2, 0.25) is 5.95 Å². The molecule has 132 valence electrons. The number of fused-ring (bicyclic) bond motifs is 2. The number of hydrogen-bond donors (Lipinski definition) is 2. The first-order chi connectivity index (χ1) is 13.3. The summed E-state index contributed by atoms with van der Waals surface area (Å²) in [6, 6.07) is 10.6. The predicted molar refractivity (Wildman–Crippen MR) is 98.5 cm³/mol. The number of pyridine rings is 1. The largest absolute Gasteiger partial charge is 0.373 e. The molecule has 0 spiro atoms. The second-order valence-corrected chi connectivity index (χ2v) is 6.28. The molecule has 0 saturated heterocycles. The van der Waals surface area contributed by atoms with Gasteiger partial charge in [-0.1, -0.05) is 29.4 Å². The zero-order valence-corrected chi connectivity index (χ0v) is 14.0. The summed E-state index contributed by atoms with van der Waals surface area (Å²) >= 11 is 0. The van der Waals surface area contributed by atoms with Gasteiger partial charge in [0.25, 0.3) is 0 Å². The van der Waals surface area contributed by atoms with Crippen molar-refractivity contribution in [3.8, 4) is 11.1 Å². The molecule has 3 aromatic heterocycles. The molecule has 1 aromatic carbocycles. The Balaban J connectivity index is 1.89. The van der Waals surface area contributed by atoms with Crippen molar-refractivity contribution in [3.05, 3.63) is 76.5 Å². The van der Waals surface area contributed by atoms with Crippen molar-refractivity contribution in [3.63, 3.8) is 0 Å².